The van der Waals surface area contributed by atoms with Crippen molar-refractivity contribution in [1.82, 2.24) is 29.7 Å². The number of aryl methyl sites for hydroxylation is 2. The van der Waals surface area contributed by atoms with Crippen LogP contribution in [0.4, 0.5) is 26.3 Å². The van der Waals surface area contributed by atoms with E-state index in [-0.39, 0.29) is 0 Å². The van der Waals surface area contributed by atoms with Crippen molar-refractivity contribution >= 4 is 11.9 Å². The Balaban J connectivity index is 0.000000349. The van der Waals surface area contributed by atoms with Crippen LogP contribution < -0.4 is 5.73 Å². The summed E-state index contributed by atoms with van der Waals surface area (Å²) < 4.78 is 67.5. The molecule has 2 aromatic heterocycles. The summed E-state index contributed by atoms with van der Waals surface area (Å²) in [6.07, 6.45) is -6.01. The molecule has 3 heterocycles. The Bertz CT molecular complexity index is 1270. The molecule has 4 rings (SSSR count). The van der Waals surface area contributed by atoms with Gasteiger partial charge in [0, 0.05) is 31.9 Å². The minimum Gasteiger partial charge on any atom is -0.475 e. The number of rotatable bonds is 5. The molecular weight excluding hydrogens is 564 g/mol. The van der Waals surface area contributed by atoms with Gasteiger partial charge in [0.1, 0.15) is 0 Å². The summed E-state index contributed by atoms with van der Waals surface area (Å²) in [6.45, 7) is 7.66. The summed E-state index contributed by atoms with van der Waals surface area (Å²) >= 11 is 0. The van der Waals surface area contributed by atoms with Crippen LogP contribution in [0.2, 0.25) is 0 Å². The van der Waals surface area contributed by atoms with Gasteiger partial charge in [-0.1, -0.05) is 17.3 Å². The SMILES string of the molecule is Cc1cc(C)n(-c2cccc(CN3CCC(n4cc(CN)nn4)CC3)c2)n1.O=C(O)C(F)(F)F.O=C(O)C(F)(F)F. The molecule has 1 fully saturated rings. The predicted octanol–water partition coefficient (Wildman–Crippen LogP) is 3.64. The highest BCUT2D eigenvalue weighted by Crippen LogP contribution is 2.24. The molecular formula is C24H29F6N7O4. The Hall–Kier alpha value is -3.99. The molecule has 11 nitrogen and oxygen atoms in total. The van der Waals surface area contributed by atoms with E-state index in [0.29, 0.717) is 12.6 Å². The van der Waals surface area contributed by atoms with Crippen LogP contribution >= 0.6 is 0 Å². The first kappa shape index (κ1) is 33.2. The molecule has 0 bridgehead atoms. The molecule has 41 heavy (non-hydrogen) atoms. The van der Waals surface area contributed by atoms with Gasteiger partial charge in [-0.15, -0.1) is 5.10 Å². The van der Waals surface area contributed by atoms with Gasteiger partial charge in [-0.05, 0) is 50.5 Å². The molecule has 226 valence electrons. The number of halogens is 6. The fourth-order valence-corrected chi connectivity index (χ4v) is 3.86. The summed E-state index contributed by atoms with van der Waals surface area (Å²) in [6, 6.07) is 11.2. The Morgan fingerprint density at radius 1 is 1.00 bits per heavy atom. The second-order valence-corrected chi connectivity index (χ2v) is 9.02. The summed E-state index contributed by atoms with van der Waals surface area (Å²) in [5.74, 6) is -5.51. The van der Waals surface area contributed by atoms with Crippen molar-refractivity contribution in [1.29, 1.82) is 0 Å². The summed E-state index contributed by atoms with van der Waals surface area (Å²) in [4.78, 5) is 20.3. The zero-order chi connectivity index (χ0) is 31.0. The van der Waals surface area contributed by atoms with E-state index in [1.807, 2.05) is 22.5 Å². The van der Waals surface area contributed by atoms with E-state index in [1.165, 1.54) is 5.56 Å². The maximum Gasteiger partial charge on any atom is 0.490 e. The molecule has 0 saturated carbocycles. The van der Waals surface area contributed by atoms with E-state index in [0.717, 1.165) is 55.2 Å². The largest absolute Gasteiger partial charge is 0.490 e. The highest BCUT2D eigenvalue weighted by atomic mass is 19.4. The van der Waals surface area contributed by atoms with E-state index in [1.54, 1.807) is 0 Å². The van der Waals surface area contributed by atoms with Gasteiger partial charge in [0.2, 0.25) is 0 Å². The van der Waals surface area contributed by atoms with Gasteiger partial charge >= 0.3 is 24.3 Å². The third kappa shape index (κ3) is 10.5. The Kier molecular flexibility index (Phi) is 11.4. The fourth-order valence-electron chi connectivity index (χ4n) is 3.86. The highest BCUT2D eigenvalue weighted by Gasteiger charge is 2.38. The lowest BCUT2D eigenvalue weighted by Crippen LogP contribution is -2.34. The van der Waals surface area contributed by atoms with E-state index in [9.17, 15) is 26.3 Å². The number of aliphatic carboxylic acids is 2. The van der Waals surface area contributed by atoms with Gasteiger partial charge < -0.3 is 15.9 Å². The number of hydrogen-bond acceptors (Lipinski definition) is 7. The standard InChI is InChI=1S/C20H27N7.2C2HF3O2/c1-15-10-16(2)27(23-15)20-5-3-4-17(11-20)13-25-8-6-19(7-9-25)26-14-18(12-21)22-24-26;2*3-2(4,5)1(6)7/h3-5,10-11,14,19H,6-9,12-13,21H2,1-2H3;2*(H,6,7). The lowest BCUT2D eigenvalue weighted by atomic mass is 10.0. The molecule has 1 aromatic carbocycles. The molecule has 0 radical (unpaired) electrons. The maximum absolute atomic E-state index is 10.6. The molecule has 1 aliphatic rings. The molecule has 1 aliphatic heterocycles. The van der Waals surface area contributed by atoms with Crippen LogP contribution in [0.3, 0.4) is 0 Å². The second-order valence-electron chi connectivity index (χ2n) is 9.02. The number of carboxylic acids is 2. The first-order valence-corrected chi connectivity index (χ1v) is 12.1. The van der Waals surface area contributed by atoms with Gasteiger partial charge in [-0.3, -0.25) is 4.90 Å². The smallest absolute Gasteiger partial charge is 0.475 e. The lowest BCUT2D eigenvalue weighted by Gasteiger charge is -2.31. The van der Waals surface area contributed by atoms with Gasteiger partial charge in [0.25, 0.3) is 0 Å². The fraction of sp³-hybridized carbons (Fsp3) is 0.458. The number of carbonyl (C=O) groups is 2. The third-order valence-electron chi connectivity index (χ3n) is 5.75. The summed E-state index contributed by atoms with van der Waals surface area (Å²) in [7, 11) is 0. The number of piperidine rings is 1. The van der Waals surface area contributed by atoms with Crippen LogP contribution in [0.5, 0.6) is 0 Å². The van der Waals surface area contributed by atoms with Crippen molar-refractivity contribution in [3.63, 3.8) is 0 Å². The van der Waals surface area contributed by atoms with Crippen LogP contribution in [-0.4, -0.2) is 77.3 Å². The van der Waals surface area contributed by atoms with E-state index in [4.69, 9.17) is 25.5 Å². The minimum atomic E-state index is -5.08. The molecule has 3 aromatic rings. The molecule has 4 N–H and O–H groups in total. The van der Waals surface area contributed by atoms with Crippen LogP contribution in [0, 0.1) is 13.8 Å². The van der Waals surface area contributed by atoms with Crippen LogP contribution in [0.1, 0.15) is 41.5 Å². The molecule has 17 heteroatoms. The zero-order valence-electron chi connectivity index (χ0n) is 22.0. The number of likely N-dealkylation sites (tertiary alicyclic amines) is 1. The average molecular weight is 594 g/mol. The molecule has 0 aliphatic carbocycles. The number of nitrogens with two attached hydrogens (primary N) is 1. The Morgan fingerprint density at radius 3 is 2.00 bits per heavy atom. The predicted molar refractivity (Wildman–Crippen MR) is 132 cm³/mol. The average Bonchev–Trinajstić information content (AvgIpc) is 3.50. The highest BCUT2D eigenvalue weighted by molar-refractivity contribution is 5.73. The van der Waals surface area contributed by atoms with Crippen LogP contribution in [0.15, 0.2) is 36.5 Å². The van der Waals surface area contributed by atoms with Crippen LogP contribution in [0.25, 0.3) is 5.69 Å². The summed E-state index contributed by atoms with van der Waals surface area (Å²) in [5.41, 5.74) is 11.2. The number of aromatic nitrogens is 5. The molecule has 0 amide bonds. The first-order valence-electron chi connectivity index (χ1n) is 12.1. The topological polar surface area (TPSA) is 152 Å². The van der Waals surface area contributed by atoms with Gasteiger partial charge in [-0.2, -0.15) is 31.4 Å². The second kappa shape index (κ2) is 14.1. The number of alkyl halides is 6. The number of hydrogen-bond donors (Lipinski definition) is 3. The monoisotopic (exact) mass is 593 g/mol. The maximum atomic E-state index is 10.6. The normalized spacial score (nSPS) is 14.5. The Labute approximate surface area is 230 Å². The van der Waals surface area contributed by atoms with Gasteiger partial charge in [0.05, 0.1) is 29.3 Å². The molecule has 0 spiro atoms. The van der Waals surface area contributed by atoms with Crippen molar-refractivity contribution < 1.29 is 46.1 Å². The quantitative estimate of drug-likeness (QED) is 0.377. The van der Waals surface area contributed by atoms with E-state index in [2.05, 4.69) is 57.6 Å². The minimum absolute atomic E-state index is 0.426. The van der Waals surface area contributed by atoms with Crippen molar-refractivity contribution in [2.45, 2.75) is 58.2 Å². The number of carboxylic acid groups (broad SMARTS) is 2. The Morgan fingerprint density at radius 2 is 1.56 bits per heavy atom. The number of nitrogens with zero attached hydrogens (tertiary/aromatic N) is 6. The lowest BCUT2D eigenvalue weighted by molar-refractivity contribution is -0.193. The third-order valence-corrected chi connectivity index (χ3v) is 5.75. The molecule has 0 unspecified atom stereocenters. The first-order chi connectivity index (χ1) is 19.0. The van der Waals surface area contributed by atoms with Crippen molar-refractivity contribution in [2.75, 3.05) is 13.1 Å². The van der Waals surface area contributed by atoms with Gasteiger partial charge in [-0.25, -0.2) is 19.0 Å². The van der Waals surface area contributed by atoms with Crippen LogP contribution in [-0.2, 0) is 22.7 Å². The van der Waals surface area contributed by atoms with Gasteiger partial charge in [0.15, 0.2) is 0 Å². The molecule has 0 atom stereocenters. The van der Waals surface area contributed by atoms with Crippen molar-refractivity contribution in [2.24, 2.45) is 5.73 Å². The van der Waals surface area contributed by atoms with Crippen molar-refractivity contribution in [3.8, 4) is 5.69 Å². The van der Waals surface area contributed by atoms with E-state index >= 15 is 0 Å². The zero-order valence-corrected chi connectivity index (χ0v) is 22.0. The number of benzene rings is 1. The van der Waals surface area contributed by atoms with Crippen molar-refractivity contribution in [3.05, 3.63) is 59.2 Å². The molecule has 1 saturated heterocycles. The summed E-state index contributed by atoms with van der Waals surface area (Å²) in [5, 5.41) is 27.2. The van der Waals surface area contributed by atoms with E-state index < -0.39 is 24.3 Å².